The minimum atomic E-state index is -0.714. The highest BCUT2D eigenvalue weighted by Crippen LogP contribution is 2.44. The summed E-state index contributed by atoms with van der Waals surface area (Å²) in [6.45, 7) is 2.05. The third-order valence-electron chi connectivity index (χ3n) is 4.26. The van der Waals surface area contributed by atoms with Gasteiger partial charge in [0.2, 0.25) is 0 Å². The number of benzene rings is 1. The number of esters is 1. The summed E-state index contributed by atoms with van der Waals surface area (Å²) in [6, 6.07) is 5.84. The monoisotopic (exact) mass is 286 g/mol. The van der Waals surface area contributed by atoms with Crippen LogP contribution in [0.25, 0.3) is 6.08 Å². The summed E-state index contributed by atoms with van der Waals surface area (Å²) >= 11 is 0. The number of rotatable bonds is 3. The predicted molar refractivity (Wildman–Crippen MR) is 77.9 cm³/mol. The smallest absolute Gasteiger partial charge is 0.320 e. The van der Waals surface area contributed by atoms with Crippen LogP contribution in [-0.2, 0) is 20.7 Å². The zero-order valence-electron chi connectivity index (χ0n) is 12.2. The molecule has 2 aliphatic rings. The highest BCUT2D eigenvalue weighted by molar-refractivity contribution is 6.06. The van der Waals surface area contributed by atoms with Gasteiger partial charge in [-0.3, -0.25) is 9.59 Å². The van der Waals surface area contributed by atoms with Gasteiger partial charge in [-0.1, -0.05) is 18.2 Å². The Kier molecular flexibility index (Phi) is 3.53. The summed E-state index contributed by atoms with van der Waals surface area (Å²) in [5.74, 6) is -0.223. The molecule has 1 fully saturated rings. The molecule has 0 bridgehead atoms. The second-order valence-corrected chi connectivity index (χ2v) is 5.43. The van der Waals surface area contributed by atoms with E-state index >= 15 is 0 Å². The van der Waals surface area contributed by atoms with E-state index in [0.29, 0.717) is 13.0 Å². The summed E-state index contributed by atoms with van der Waals surface area (Å²) in [5.41, 5.74) is 3.05. The first-order valence-electron chi connectivity index (χ1n) is 7.22. The Morgan fingerprint density at radius 3 is 2.86 bits per heavy atom. The van der Waals surface area contributed by atoms with Crippen LogP contribution in [0.3, 0.4) is 0 Å². The van der Waals surface area contributed by atoms with Gasteiger partial charge in [0.25, 0.3) is 0 Å². The van der Waals surface area contributed by atoms with Gasteiger partial charge in [-0.15, -0.1) is 0 Å². The van der Waals surface area contributed by atoms with Gasteiger partial charge in [0, 0.05) is 12.0 Å². The standard InChI is InChI=1S/C17H18O4/c1-3-21-17(19)16-13-7-10-5-4-6-15(20-2)12(10)8-11(13)9-14(16)18/h4-7,11,16H,3,8-9H2,1-2H3. The SMILES string of the molecule is CCOC(=O)C1C(=O)CC2Cc3c(cccc3OC)C=C21. The molecule has 1 aromatic rings. The largest absolute Gasteiger partial charge is 0.496 e. The molecule has 2 unspecified atom stereocenters. The lowest BCUT2D eigenvalue weighted by molar-refractivity contribution is -0.149. The van der Waals surface area contributed by atoms with Crippen molar-refractivity contribution in [3.05, 3.63) is 34.9 Å². The van der Waals surface area contributed by atoms with E-state index in [-0.39, 0.29) is 11.7 Å². The first-order chi connectivity index (χ1) is 10.2. The molecule has 0 heterocycles. The zero-order valence-corrected chi connectivity index (χ0v) is 12.2. The van der Waals surface area contributed by atoms with Crippen LogP contribution in [0.5, 0.6) is 5.75 Å². The molecule has 0 aliphatic heterocycles. The molecule has 0 radical (unpaired) electrons. The average molecular weight is 286 g/mol. The fraction of sp³-hybridized carbons (Fsp3) is 0.412. The number of fused-ring (bicyclic) bond motifs is 2. The summed E-state index contributed by atoms with van der Waals surface area (Å²) in [6.07, 6.45) is 3.12. The fourth-order valence-corrected chi connectivity index (χ4v) is 3.34. The second-order valence-electron chi connectivity index (χ2n) is 5.43. The van der Waals surface area contributed by atoms with Crippen molar-refractivity contribution < 1.29 is 19.1 Å². The van der Waals surface area contributed by atoms with Crippen molar-refractivity contribution in [1.29, 1.82) is 0 Å². The average Bonchev–Trinajstić information content (AvgIpc) is 2.79. The molecule has 2 aliphatic carbocycles. The van der Waals surface area contributed by atoms with Crippen LogP contribution < -0.4 is 4.74 Å². The molecule has 1 saturated carbocycles. The highest BCUT2D eigenvalue weighted by Gasteiger charge is 2.44. The second kappa shape index (κ2) is 5.35. The highest BCUT2D eigenvalue weighted by atomic mass is 16.5. The molecule has 4 heteroatoms. The lowest BCUT2D eigenvalue weighted by Crippen LogP contribution is -2.23. The summed E-state index contributed by atoms with van der Waals surface area (Å²) < 4.78 is 10.4. The number of hydrogen-bond donors (Lipinski definition) is 0. The molecule has 0 N–H and O–H groups in total. The van der Waals surface area contributed by atoms with Crippen molar-refractivity contribution in [3.8, 4) is 5.75 Å². The van der Waals surface area contributed by atoms with Crippen LogP contribution >= 0.6 is 0 Å². The normalized spacial score (nSPS) is 23.1. The number of ether oxygens (including phenoxy) is 2. The Morgan fingerprint density at radius 2 is 2.14 bits per heavy atom. The van der Waals surface area contributed by atoms with Crippen LogP contribution in [0.1, 0.15) is 24.5 Å². The summed E-state index contributed by atoms with van der Waals surface area (Å²) in [5, 5.41) is 0. The summed E-state index contributed by atoms with van der Waals surface area (Å²) in [7, 11) is 1.65. The fourth-order valence-electron chi connectivity index (χ4n) is 3.34. The van der Waals surface area contributed by atoms with Crippen molar-refractivity contribution >= 4 is 17.8 Å². The van der Waals surface area contributed by atoms with E-state index in [1.165, 1.54) is 0 Å². The lowest BCUT2D eigenvalue weighted by atomic mass is 9.82. The Labute approximate surface area is 123 Å². The van der Waals surface area contributed by atoms with Crippen molar-refractivity contribution in [1.82, 2.24) is 0 Å². The predicted octanol–water partition coefficient (Wildman–Crippen LogP) is 2.40. The number of carbonyl (C=O) groups excluding carboxylic acids is 2. The molecule has 0 saturated heterocycles. The first kappa shape index (κ1) is 13.9. The zero-order chi connectivity index (χ0) is 15.0. The molecular weight excluding hydrogens is 268 g/mol. The first-order valence-corrected chi connectivity index (χ1v) is 7.22. The lowest BCUT2D eigenvalue weighted by Gasteiger charge is -2.23. The third-order valence-corrected chi connectivity index (χ3v) is 4.26. The van der Waals surface area contributed by atoms with Gasteiger partial charge in [0.15, 0.2) is 5.78 Å². The van der Waals surface area contributed by atoms with E-state index in [0.717, 1.165) is 28.9 Å². The Bertz CT molecular complexity index is 630. The molecule has 4 nitrogen and oxygen atoms in total. The van der Waals surface area contributed by atoms with E-state index in [2.05, 4.69) is 0 Å². The van der Waals surface area contributed by atoms with Crippen LogP contribution in [0.2, 0.25) is 0 Å². The van der Waals surface area contributed by atoms with E-state index in [4.69, 9.17) is 9.47 Å². The van der Waals surface area contributed by atoms with Crippen molar-refractivity contribution in [2.24, 2.45) is 11.8 Å². The topological polar surface area (TPSA) is 52.6 Å². The van der Waals surface area contributed by atoms with E-state index < -0.39 is 11.9 Å². The van der Waals surface area contributed by atoms with Crippen molar-refractivity contribution in [2.75, 3.05) is 13.7 Å². The van der Waals surface area contributed by atoms with Crippen molar-refractivity contribution in [3.63, 3.8) is 0 Å². The molecule has 21 heavy (non-hydrogen) atoms. The molecule has 110 valence electrons. The van der Waals surface area contributed by atoms with Crippen molar-refractivity contribution in [2.45, 2.75) is 19.8 Å². The van der Waals surface area contributed by atoms with E-state index in [9.17, 15) is 9.59 Å². The van der Waals surface area contributed by atoms with E-state index in [1.807, 2.05) is 24.3 Å². The van der Waals surface area contributed by atoms with Gasteiger partial charge < -0.3 is 9.47 Å². The molecule has 0 spiro atoms. The number of methoxy groups -OCH3 is 1. The quantitative estimate of drug-likeness (QED) is 0.632. The molecule has 0 aromatic heterocycles. The minimum absolute atomic E-state index is 0.0310. The van der Waals surface area contributed by atoms with E-state index in [1.54, 1.807) is 14.0 Å². The third kappa shape index (κ3) is 2.24. The van der Waals surface area contributed by atoms with Crippen LogP contribution in [0.15, 0.2) is 23.8 Å². The maximum Gasteiger partial charge on any atom is 0.320 e. The van der Waals surface area contributed by atoms with Gasteiger partial charge in [-0.2, -0.15) is 0 Å². The van der Waals surface area contributed by atoms with Gasteiger partial charge in [-0.05, 0) is 36.5 Å². The van der Waals surface area contributed by atoms with Gasteiger partial charge in [-0.25, -0.2) is 0 Å². The molecule has 0 amide bonds. The molecule has 3 rings (SSSR count). The number of hydrogen-bond acceptors (Lipinski definition) is 4. The van der Waals surface area contributed by atoms with Crippen LogP contribution in [-0.4, -0.2) is 25.5 Å². The number of ketones is 1. The van der Waals surface area contributed by atoms with Gasteiger partial charge in [0.05, 0.1) is 13.7 Å². The Hall–Kier alpha value is -2.10. The molecule has 2 atom stereocenters. The Morgan fingerprint density at radius 1 is 1.33 bits per heavy atom. The van der Waals surface area contributed by atoms with Crippen LogP contribution in [0.4, 0.5) is 0 Å². The van der Waals surface area contributed by atoms with Crippen LogP contribution in [0, 0.1) is 11.8 Å². The molecular formula is C17H18O4. The number of Topliss-reactive ketones (excluding diaryl/α,β-unsaturated/α-hetero) is 1. The van der Waals surface area contributed by atoms with Gasteiger partial charge in [0.1, 0.15) is 11.7 Å². The number of carbonyl (C=O) groups is 2. The molecule has 1 aromatic carbocycles. The maximum absolute atomic E-state index is 12.2. The van der Waals surface area contributed by atoms with Gasteiger partial charge >= 0.3 is 5.97 Å². The summed E-state index contributed by atoms with van der Waals surface area (Å²) in [4.78, 5) is 24.2. The minimum Gasteiger partial charge on any atom is -0.496 e. The maximum atomic E-state index is 12.2. The Balaban J connectivity index is 2.01.